The van der Waals surface area contributed by atoms with E-state index < -0.39 is 0 Å². The van der Waals surface area contributed by atoms with E-state index in [4.69, 9.17) is 0 Å². The first-order valence-electron chi connectivity index (χ1n) is 9.34. The van der Waals surface area contributed by atoms with E-state index in [0.29, 0.717) is 22.7 Å². The molecule has 0 heterocycles. The maximum absolute atomic E-state index is 2.44. The summed E-state index contributed by atoms with van der Waals surface area (Å²) in [5, 5.41) is 0. The molecule has 0 aliphatic heterocycles. The van der Waals surface area contributed by atoms with Crippen molar-refractivity contribution in [2.24, 2.45) is 22.7 Å². The van der Waals surface area contributed by atoms with Gasteiger partial charge in [-0.15, -0.1) is 0 Å². The summed E-state index contributed by atoms with van der Waals surface area (Å²) < 4.78 is 0. The molecule has 0 aromatic rings. The quantitative estimate of drug-likeness (QED) is 0.518. The molecule has 1 heteroatoms. The van der Waals surface area contributed by atoms with Crippen molar-refractivity contribution in [2.45, 2.75) is 65.5 Å². The van der Waals surface area contributed by atoms with Crippen LogP contribution in [0.1, 0.15) is 54.4 Å². The van der Waals surface area contributed by atoms with Crippen molar-refractivity contribution in [3.8, 4) is 0 Å². The van der Waals surface area contributed by atoms with Crippen molar-refractivity contribution in [1.29, 1.82) is 0 Å². The minimum atomic E-state index is -0.184. The molecule has 0 spiro atoms. The molecule has 0 bridgehead atoms. The molecule has 2 aliphatic carbocycles. The maximum Gasteiger partial charge on any atom is 0.0287 e. The minimum Gasteiger partial charge on any atom is -0.0777 e. The summed E-state index contributed by atoms with van der Waals surface area (Å²) in [5.41, 5.74) is 2.63. The fourth-order valence-corrected chi connectivity index (χ4v) is 8.34. The van der Waals surface area contributed by atoms with Gasteiger partial charge in [-0.1, -0.05) is 90.2 Å². The van der Waals surface area contributed by atoms with Gasteiger partial charge in [-0.2, -0.15) is 0 Å². The standard InChI is InChI=1S/C22H36Si/c1-21(2,3)15-19(17-11-7-8-12-17)23-20(16-22(4,5)6)18-13-9-10-14-18/h7-14,17-20H,15-16,23H2,1-6H3. The fraction of sp³-hybridized carbons (Fsp3) is 0.636. The van der Waals surface area contributed by atoms with Crippen molar-refractivity contribution in [3.63, 3.8) is 0 Å². The first-order chi connectivity index (χ1) is 10.6. The van der Waals surface area contributed by atoms with E-state index in [0.717, 1.165) is 11.1 Å². The van der Waals surface area contributed by atoms with Crippen LogP contribution in [0.5, 0.6) is 0 Å². The Hall–Kier alpha value is -0.823. The van der Waals surface area contributed by atoms with Gasteiger partial charge in [0.2, 0.25) is 0 Å². The minimum absolute atomic E-state index is 0.184. The molecule has 0 aromatic carbocycles. The molecule has 0 N–H and O–H groups in total. The lowest BCUT2D eigenvalue weighted by Crippen LogP contribution is -2.26. The zero-order valence-corrected chi connectivity index (χ0v) is 17.5. The van der Waals surface area contributed by atoms with Crippen LogP contribution in [-0.4, -0.2) is 9.52 Å². The van der Waals surface area contributed by atoms with Crippen LogP contribution < -0.4 is 0 Å². The lowest BCUT2D eigenvalue weighted by Gasteiger charge is -2.35. The normalized spacial score (nSPS) is 22.0. The summed E-state index contributed by atoms with van der Waals surface area (Å²) in [6.45, 7) is 14.4. The molecule has 0 fully saturated rings. The first kappa shape index (κ1) is 18.5. The molecule has 2 unspecified atom stereocenters. The van der Waals surface area contributed by atoms with Gasteiger partial charge in [-0.25, -0.2) is 0 Å². The second-order valence-corrected chi connectivity index (χ2v) is 12.5. The summed E-state index contributed by atoms with van der Waals surface area (Å²) in [6, 6.07) is 0. The van der Waals surface area contributed by atoms with Crippen molar-refractivity contribution in [3.05, 3.63) is 48.6 Å². The fourth-order valence-electron chi connectivity index (χ4n) is 4.24. The molecule has 0 amide bonds. The van der Waals surface area contributed by atoms with Gasteiger partial charge in [0, 0.05) is 9.52 Å². The summed E-state index contributed by atoms with van der Waals surface area (Å²) in [4.78, 5) is 0. The Balaban J connectivity index is 2.14. The highest BCUT2D eigenvalue weighted by Gasteiger charge is 2.32. The van der Waals surface area contributed by atoms with Crippen LogP contribution in [0.3, 0.4) is 0 Å². The Morgan fingerprint density at radius 2 is 0.957 bits per heavy atom. The van der Waals surface area contributed by atoms with Gasteiger partial charge in [0.1, 0.15) is 0 Å². The molecular formula is C22H36Si. The first-order valence-corrected chi connectivity index (χ1v) is 11.0. The van der Waals surface area contributed by atoms with Gasteiger partial charge in [0.25, 0.3) is 0 Å². The molecule has 23 heavy (non-hydrogen) atoms. The third kappa shape index (κ3) is 6.29. The monoisotopic (exact) mass is 328 g/mol. The highest BCUT2D eigenvalue weighted by Crippen LogP contribution is 2.43. The van der Waals surface area contributed by atoms with Crippen molar-refractivity contribution >= 4 is 9.52 Å². The van der Waals surface area contributed by atoms with Crippen LogP contribution in [0.25, 0.3) is 0 Å². The Bertz CT molecular complexity index is 423. The van der Waals surface area contributed by atoms with Crippen LogP contribution in [0.15, 0.2) is 48.6 Å². The molecular weight excluding hydrogens is 292 g/mol. The molecule has 2 rings (SSSR count). The van der Waals surface area contributed by atoms with Gasteiger partial charge >= 0.3 is 0 Å². The van der Waals surface area contributed by atoms with E-state index in [-0.39, 0.29) is 9.52 Å². The predicted octanol–water partition coefficient (Wildman–Crippen LogP) is 6.09. The van der Waals surface area contributed by atoms with E-state index in [2.05, 4.69) is 90.2 Å². The molecule has 128 valence electrons. The molecule has 2 atom stereocenters. The van der Waals surface area contributed by atoms with E-state index in [1.54, 1.807) is 0 Å². The average Bonchev–Trinajstić information content (AvgIpc) is 3.07. The summed E-state index contributed by atoms with van der Waals surface area (Å²) in [7, 11) is -0.184. The predicted molar refractivity (Wildman–Crippen MR) is 108 cm³/mol. The van der Waals surface area contributed by atoms with E-state index in [1.807, 2.05) is 0 Å². The molecule has 0 aromatic heterocycles. The van der Waals surface area contributed by atoms with Gasteiger partial charge in [-0.3, -0.25) is 0 Å². The molecule has 2 aliphatic rings. The van der Waals surface area contributed by atoms with Crippen molar-refractivity contribution < 1.29 is 0 Å². The molecule has 0 saturated heterocycles. The van der Waals surface area contributed by atoms with Crippen LogP contribution in [0.4, 0.5) is 0 Å². The summed E-state index contributed by atoms with van der Waals surface area (Å²) in [5.74, 6) is 1.38. The van der Waals surface area contributed by atoms with E-state index in [9.17, 15) is 0 Å². The van der Waals surface area contributed by atoms with Crippen LogP contribution in [-0.2, 0) is 0 Å². The summed E-state index contributed by atoms with van der Waals surface area (Å²) >= 11 is 0. The van der Waals surface area contributed by atoms with Crippen LogP contribution in [0.2, 0.25) is 11.1 Å². The number of allylic oxidation sites excluding steroid dienone is 8. The third-order valence-corrected chi connectivity index (χ3v) is 7.88. The zero-order valence-electron chi connectivity index (χ0n) is 16.0. The van der Waals surface area contributed by atoms with Crippen molar-refractivity contribution in [1.82, 2.24) is 0 Å². The second kappa shape index (κ2) is 7.38. The topological polar surface area (TPSA) is 0 Å². The largest absolute Gasteiger partial charge is 0.0777 e. The van der Waals surface area contributed by atoms with Crippen LogP contribution >= 0.6 is 0 Å². The molecule has 0 radical (unpaired) electrons. The smallest absolute Gasteiger partial charge is 0.0287 e. The Morgan fingerprint density at radius 1 is 0.652 bits per heavy atom. The van der Waals surface area contributed by atoms with Gasteiger partial charge in [-0.05, 0) is 46.6 Å². The van der Waals surface area contributed by atoms with Gasteiger partial charge in [0.05, 0.1) is 0 Å². The number of hydrogen-bond donors (Lipinski definition) is 0. The highest BCUT2D eigenvalue weighted by molar-refractivity contribution is 6.40. The molecule has 0 saturated carbocycles. The zero-order chi connectivity index (χ0) is 17.1. The molecule has 0 nitrogen and oxygen atoms in total. The van der Waals surface area contributed by atoms with Crippen LogP contribution in [0, 0.1) is 22.7 Å². The van der Waals surface area contributed by atoms with E-state index >= 15 is 0 Å². The van der Waals surface area contributed by atoms with Crippen molar-refractivity contribution in [2.75, 3.05) is 0 Å². The van der Waals surface area contributed by atoms with E-state index in [1.165, 1.54) is 12.8 Å². The Labute approximate surface area is 146 Å². The highest BCUT2D eigenvalue weighted by atomic mass is 28.2. The Kier molecular flexibility index (Phi) is 5.94. The number of rotatable bonds is 6. The summed E-state index contributed by atoms with van der Waals surface area (Å²) in [6.07, 6.45) is 21.5. The third-order valence-electron chi connectivity index (χ3n) is 5.00. The second-order valence-electron chi connectivity index (χ2n) is 9.98. The lowest BCUT2D eigenvalue weighted by atomic mass is 9.86. The average molecular weight is 329 g/mol. The van der Waals surface area contributed by atoms with Gasteiger partial charge in [0.15, 0.2) is 0 Å². The Morgan fingerprint density at radius 3 is 1.22 bits per heavy atom. The SMILES string of the molecule is CC(C)(C)CC([SiH2]C(CC(C)(C)C)C1C=CC=C1)C1C=CC=C1. The number of hydrogen-bond acceptors (Lipinski definition) is 0. The maximum atomic E-state index is 2.44. The van der Waals surface area contributed by atoms with Gasteiger partial charge < -0.3 is 0 Å². The lowest BCUT2D eigenvalue weighted by molar-refractivity contribution is 0.336.